The van der Waals surface area contributed by atoms with Gasteiger partial charge in [-0.05, 0) is 29.8 Å². The molecule has 0 aliphatic heterocycles. The fourth-order valence-corrected chi connectivity index (χ4v) is 2.11. The van der Waals surface area contributed by atoms with Gasteiger partial charge >= 0.3 is 0 Å². The van der Waals surface area contributed by atoms with Crippen LogP contribution in [0.3, 0.4) is 0 Å². The van der Waals surface area contributed by atoms with Crippen LogP contribution in [0.4, 0.5) is 10.3 Å². The lowest BCUT2D eigenvalue weighted by molar-refractivity contribution is -0.115. The average molecular weight is 356 g/mol. The number of furan rings is 1. The summed E-state index contributed by atoms with van der Waals surface area (Å²) in [4.78, 5) is 27.5. The zero-order chi connectivity index (χ0) is 18.5. The number of nitrogens with zero attached hydrogens (tertiary/aromatic N) is 2. The summed E-state index contributed by atoms with van der Waals surface area (Å²) in [6, 6.07) is 8.91. The predicted octanol–water partition coefficient (Wildman–Crippen LogP) is 2.39. The maximum Gasteiger partial charge on any atom is 0.292 e. The number of aliphatic hydroxyl groups is 1. The van der Waals surface area contributed by atoms with Crippen LogP contribution in [0.1, 0.15) is 21.9 Å². The molecule has 0 saturated carbocycles. The summed E-state index contributed by atoms with van der Waals surface area (Å²) < 4.78 is 18.3. The standard InChI is InChI=1S/C17H13FN4O4/c18-11-3-1-10(2-4-11)7-12-5-6-15(26-12)13(23)8-14(24)16(25)21-17-19-9-20-22-17/h1-6,8-9,24H,7H2,(H2,19,20,21,22,25)/b14-8-. The molecule has 0 aliphatic carbocycles. The number of aliphatic hydroxyl groups excluding tert-OH is 1. The maximum atomic E-state index is 12.9. The number of halogens is 1. The van der Waals surface area contributed by atoms with E-state index in [1.165, 1.54) is 24.5 Å². The molecular weight excluding hydrogens is 343 g/mol. The molecule has 2 heterocycles. The number of rotatable bonds is 6. The van der Waals surface area contributed by atoms with Gasteiger partial charge in [-0.25, -0.2) is 9.49 Å². The number of aromatic nitrogens is 3. The van der Waals surface area contributed by atoms with Gasteiger partial charge in [0.1, 0.15) is 17.9 Å². The van der Waals surface area contributed by atoms with Crippen LogP contribution in [0.25, 0.3) is 0 Å². The number of ketones is 1. The van der Waals surface area contributed by atoms with Gasteiger partial charge in [0, 0.05) is 12.5 Å². The Bertz CT molecular complexity index is 946. The Balaban J connectivity index is 1.65. The first-order valence-corrected chi connectivity index (χ1v) is 7.46. The van der Waals surface area contributed by atoms with Gasteiger partial charge in [-0.2, -0.15) is 10.1 Å². The Morgan fingerprint density at radius 3 is 2.69 bits per heavy atom. The Kier molecular flexibility index (Phi) is 4.88. The van der Waals surface area contributed by atoms with Crippen molar-refractivity contribution < 1.29 is 23.5 Å². The topological polar surface area (TPSA) is 121 Å². The van der Waals surface area contributed by atoms with Crippen molar-refractivity contribution in [2.24, 2.45) is 0 Å². The summed E-state index contributed by atoms with van der Waals surface area (Å²) >= 11 is 0. The Hall–Kier alpha value is -3.75. The smallest absolute Gasteiger partial charge is 0.292 e. The van der Waals surface area contributed by atoms with Crippen molar-refractivity contribution in [2.75, 3.05) is 5.32 Å². The molecule has 0 spiro atoms. The van der Waals surface area contributed by atoms with Crippen molar-refractivity contribution in [3.63, 3.8) is 0 Å². The highest BCUT2D eigenvalue weighted by Gasteiger charge is 2.15. The number of hydrogen-bond donors (Lipinski definition) is 3. The van der Waals surface area contributed by atoms with Crippen molar-refractivity contribution in [3.05, 3.63) is 77.5 Å². The third-order valence-corrected chi connectivity index (χ3v) is 3.34. The van der Waals surface area contributed by atoms with Crippen LogP contribution >= 0.6 is 0 Å². The van der Waals surface area contributed by atoms with E-state index in [2.05, 4.69) is 20.5 Å². The lowest BCUT2D eigenvalue weighted by atomic mass is 10.1. The average Bonchev–Trinajstić information content (AvgIpc) is 3.29. The highest BCUT2D eigenvalue weighted by atomic mass is 19.1. The molecule has 0 fully saturated rings. The van der Waals surface area contributed by atoms with Crippen LogP contribution in [0.2, 0.25) is 0 Å². The van der Waals surface area contributed by atoms with E-state index < -0.39 is 17.4 Å². The Labute approximate surface area is 146 Å². The number of anilines is 1. The second-order valence-electron chi connectivity index (χ2n) is 5.25. The lowest BCUT2D eigenvalue weighted by Crippen LogP contribution is -2.16. The molecule has 132 valence electrons. The molecule has 1 amide bonds. The van der Waals surface area contributed by atoms with Gasteiger partial charge in [0.05, 0.1) is 0 Å². The molecule has 1 aromatic carbocycles. The van der Waals surface area contributed by atoms with Crippen LogP contribution in [0.15, 0.2) is 59.0 Å². The molecule has 2 aromatic heterocycles. The largest absolute Gasteiger partial charge is 0.503 e. The molecule has 0 saturated heterocycles. The maximum absolute atomic E-state index is 12.9. The van der Waals surface area contributed by atoms with Crippen LogP contribution < -0.4 is 5.32 Å². The van der Waals surface area contributed by atoms with Gasteiger partial charge in [0.2, 0.25) is 11.7 Å². The number of benzene rings is 1. The van der Waals surface area contributed by atoms with Gasteiger partial charge < -0.3 is 9.52 Å². The minimum absolute atomic E-state index is 0.0296. The second kappa shape index (κ2) is 7.43. The van der Waals surface area contributed by atoms with Crippen LogP contribution in [0.5, 0.6) is 0 Å². The van der Waals surface area contributed by atoms with Crippen molar-refractivity contribution in [1.82, 2.24) is 15.2 Å². The minimum atomic E-state index is -0.923. The molecule has 26 heavy (non-hydrogen) atoms. The monoisotopic (exact) mass is 356 g/mol. The molecule has 3 rings (SSSR count). The van der Waals surface area contributed by atoms with Crippen molar-refractivity contribution in [1.29, 1.82) is 0 Å². The summed E-state index contributed by atoms with van der Waals surface area (Å²) in [5.74, 6) is -2.27. The normalized spacial score (nSPS) is 11.3. The molecule has 0 bridgehead atoms. The number of nitrogens with one attached hydrogen (secondary N) is 2. The third-order valence-electron chi connectivity index (χ3n) is 3.34. The SMILES string of the molecule is O=C(Nc1ncn[nH]1)/C(O)=C/C(=O)c1ccc(Cc2ccc(F)cc2)o1. The number of amides is 1. The first kappa shape index (κ1) is 17.1. The fourth-order valence-electron chi connectivity index (χ4n) is 2.11. The van der Waals surface area contributed by atoms with E-state index >= 15 is 0 Å². The Morgan fingerprint density at radius 2 is 2.00 bits per heavy atom. The number of aromatic amines is 1. The van der Waals surface area contributed by atoms with Gasteiger partial charge in [-0.1, -0.05) is 12.1 Å². The van der Waals surface area contributed by atoms with Gasteiger partial charge in [0.25, 0.3) is 5.91 Å². The molecule has 8 nitrogen and oxygen atoms in total. The van der Waals surface area contributed by atoms with Gasteiger partial charge in [-0.3, -0.25) is 14.9 Å². The third kappa shape index (κ3) is 4.20. The summed E-state index contributed by atoms with van der Waals surface area (Å²) in [5, 5.41) is 17.8. The number of carbonyl (C=O) groups is 2. The number of hydrogen-bond acceptors (Lipinski definition) is 6. The zero-order valence-electron chi connectivity index (χ0n) is 13.3. The van der Waals surface area contributed by atoms with Crippen LogP contribution in [-0.4, -0.2) is 32.0 Å². The Morgan fingerprint density at radius 1 is 1.23 bits per heavy atom. The second-order valence-corrected chi connectivity index (χ2v) is 5.25. The van der Waals surface area contributed by atoms with Crippen LogP contribution in [-0.2, 0) is 11.2 Å². The van der Waals surface area contributed by atoms with E-state index in [1.807, 2.05) is 0 Å². The minimum Gasteiger partial charge on any atom is -0.503 e. The molecule has 3 aromatic rings. The predicted molar refractivity (Wildman–Crippen MR) is 88.0 cm³/mol. The zero-order valence-corrected chi connectivity index (χ0v) is 13.3. The fraction of sp³-hybridized carbons (Fsp3) is 0.0588. The first-order chi connectivity index (χ1) is 12.5. The molecule has 3 N–H and O–H groups in total. The summed E-state index contributed by atoms with van der Waals surface area (Å²) in [6.45, 7) is 0. The molecule has 0 atom stereocenters. The van der Waals surface area contributed by atoms with Crippen LogP contribution in [0, 0.1) is 5.82 Å². The lowest BCUT2D eigenvalue weighted by Gasteiger charge is -2.00. The van der Waals surface area contributed by atoms with E-state index in [-0.39, 0.29) is 17.5 Å². The molecule has 9 heteroatoms. The van der Waals surface area contributed by atoms with E-state index in [4.69, 9.17) is 4.42 Å². The molecule has 0 radical (unpaired) electrons. The summed E-state index contributed by atoms with van der Waals surface area (Å²) in [7, 11) is 0. The molecule has 0 aliphatic rings. The number of allylic oxidation sites excluding steroid dienone is 1. The highest BCUT2D eigenvalue weighted by Crippen LogP contribution is 2.15. The van der Waals surface area contributed by atoms with Crippen molar-refractivity contribution in [2.45, 2.75) is 6.42 Å². The van der Waals surface area contributed by atoms with Crippen molar-refractivity contribution in [3.8, 4) is 0 Å². The van der Waals surface area contributed by atoms with Gasteiger partial charge in [0.15, 0.2) is 11.5 Å². The van der Waals surface area contributed by atoms with E-state index in [1.54, 1.807) is 18.2 Å². The first-order valence-electron chi connectivity index (χ1n) is 7.46. The highest BCUT2D eigenvalue weighted by molar-refractivity contribution is 6.09. The number of carbonyl (C=O) groups excluding carboxylic acids is 2. The number of H-pyrrole nitrogens is 1. The van der Waals surface area contributed by atoms with E-state index in [9.17, 15) is 19.1 Å². The summed E-state index contributed by atoms with van der Waals surface area (Å²) in [6.07, 6.45) is 2.29. The summed E-state index contributed by atoms with van der Waals surface area (Å²) in [5.41, 5.74) is 0.810. The molecular formula is C17H13FN4O4. The van der Waals surface area contributed by atoms with Crippen molar-refractivity contribution >= 4 is 17.6 Å². The quantitative estimate of drug-likeness (QED) is 0.354. The molecule has 0 unspecified atom stereocenters. The van der Waals surface area contributed by atoms with Gasteiger partial charge in [-0.15, -0.1) is 0 Å². The van der Waals surface area contributed by atoms with E-state index in [0.29, 0.717) is 12.2 Å². The van der Waals surface area contributed by atoms with E-state index in [0.717, 1.165) is 11.6 Å².